The van der Waals surface area contributed by atoms with E-state index in [-0.39, 0.29) is 22.4 Å². The van der Waals surface area contributed by atoms with Crippen LogP contribution >= 0.6 is 0 Å². The van der Waals surface area contributed by atoms with Crippen LogP contribution in [0.3, 0.4) is 0 Å². The van der Waals surface area contributed by atoms with Gasteiger partial charge in [0.15, 0.2) is 5.78 Å². The Bertz CT molecular complexity index is 967. The van der Waals surface area contributed by atoms with Crippen LogP contribution in [0.1, 0.15) is 47.1 Å². The molecular formula is C25H28O2. The second-order valence-corrected chi connectivity index (χ2v) is 9.34. The van der Waals surface area contributed by atoms with E-state index < -0.39 is 0 Å². The Hall–Kier alpha value is -2.61. The summed E-state index contributed by atoms with van der Waals surface area (Å²) < 4.78 is 0. The molecule has 0 saturated heterocycles. The Kier molecular flexibility index (Phi) is 4.63. The normalized spacial score (nSPS) is 15.6. The Morgan fingerprint density at radius 3 is 2.00 bits per heavy atom. The molecule has 2 nitrogen and oxygen atoms in total. The van der Waals surface area contributed by atoms with Crippen LogP contribution < -0.4 is 0 Å². The van der Waals surface area contributed by atoms with Gasteiger partial charge in [0.1, 0.15) is 5.75 Å². The van der Waals surface area contributed by atoms with Crippen molar-refractivity contribution in [2.45, 2.75) is 41.5 Å². The molecule has 0 unspecified atom stereocenters. The number of fused-ring (bicyclic) bond motifs is 1. The third kappa shape index (κ3) is 3.90. The number of hydrogen-bond acceptors (Lipinski definition) is 2. The summed E-state index contributed by atoms with van der Waals surface area (Å²) in [7, 11) is 0. The summed E-state index contributed by atoms with van der Waals surface area (Å²) in [4.78, 5) is 13.1. The predicted molar refractivity (Wildman–Crippen MR) is 114 cm³/mol. The summed E-state index contributed by atoms with van der Waals surface area (Å²) in [6.45, 7) is 12.5. The number of phenols is 1. The number of benzene rings is 2. The van der Waals surface area contributed by atoms with Gasteiger partial charge in [-0.25, -0.2) is 0 Å². The predicted octanol–water partition coefficient (Wildman–Crippen LogP) is 6.46. The minimum Gasteiger partial charge on any atom is -0.508 e. The first kappa shape index (κ1) is 19.2. The van der Waals surface area contributed by atoms with E-state index in [9.17, 15) is 9.90 Å². The van der Waals surface area contributed by atoms with Gasteiger partial charge in [0.2, 0.25) is 0 Å². The molecule has 27 heavy (non-hydrogen) atoms. The zero-order chi connectivity index (χ0) is 20.0. The lowest BCUT2D eigenvalue weighted by Crippen LogP contribution is -2.27. The maximum Gasteiger partial charge on any atom is 0.186 e. The molecule has 140 valence electrons. The summed E-state index contributed by atoms with van der Waals surface area (Å²) in [6, 6.07) is 11.5. The van der Waals surface area contributed by atoms with Gasteiger partial charge < -0.3 is 5.11 Å². The van der Waals surface area contributed by atoms with Crippen molar-refractivity contribution < 1.29 is 9.90 Å². The van der Waals surface area contributed by atoms with Gasteiger partial charge in [-0.15, -0.1) is 0 Å². The third-order valence-corrected chi connectivity index (χ3v) is 4.95. The van der Waals surface area contributed by atoms with E-state index in [0.29, 0.717) is 0 Å². The van der Waals surface area contributed by atoms with Crippen LogP contribution in [0.15, 0.2) is 65.3 Å². The topological polar surface area (TPSA) is 37.3 Å². The highest BCUT2D eigenvalue weighted by Crippen LogP contribution is 2.39. The zero-order valence-corrected chi connectivity index (χ0v) is 17.1. The highest BCUT2D eigenvalue weighted by Gasteiger charge is 2.33. The van der Waals surface area contributed by atoms with E-state index in [1.165, 1.54) is 0 Å². The fourth-order valence-electron chi connectivity index (χ4n) is 3.45. The fraction of sp³-hybridized carbons (Fsp3) is 0.320. The Balaban J connectivity index is 2.21. The molecule has 1 aliphatic rings. The Morgan fingerprint density at radius 1 is 0.852 bits per heavy atom. The average molecular weight is 360 g/mol. The SMILES string of the molecule is CC(C)(C)C1=CC(=Cc2cccc3cc(O)ccc23)C=C(C(C)(C)C)C1=O. The first-order valence-corrected chi connectivity index (χ1v) is 9.39. The van der Waals surface area contributed by atoms with Crippen molar-refractivity contribution in [3.63, 3.8) is 0 Å². The maximum atomic E-state index is 13.1. The summed E-state index contributed by atoms with van der Waals surface area (Å²) in [5.41, 5.74) is 3.37. The van der Waals surface area contributed by atoms with Crippen molar-refractivity contribution in [3.05, 3.63) is 70.8 Å². The summed E-state index contributed by atoms with van der Waals surface area (Å²) in [5, 5.41) is 11.8. The first-order valence-electron chi connectivity index (χ1n) is 9.39. The fourth-order valence-corrected chi connectivity index (χ4v) is 3.45. The summed E-state index contributed by atoms with van der Waals surface area (Å²) in [5.74, 6) is 0.412. The second kappa shape index (κ2) is 6.53. The van der Waals surface area contributed by atoms with E-state index in [1.807, 2.05) is 30.4 Å². The summed E-state index contributed by atoms with van der Waals surface area (Å²) >= 11 is 0. The maximum absolute atomic E-state index is 13.1. The molecule has 0 fully saturated rings. The standard InChI is InChI=1S/C25H28O2/c1-24(2,3)21-13-16(14-22(23(21)27)25(4,5)6)12-17-8-7-9-18-15-19(26)10-11-20(17)18/h7-15,26H,1-6H3. The van der Waals surface area contributed by atoms with Gasteiger partial charge in [-0.05, 0) is 63.1 Å². The van der Waals surface area contributed by atoms with Crippen molar-refractivity contribution in [2.75, 3.05) is 0 Å². The van der Waals surface area contributed by atoms with Gasteiger partial charge in [-0.3, -0.25) is 4.79 Å². The number of carbonyl (C=O) groups excluding carboxylic acids is 1. The molecule has 2 aromatic carbocycles. The molecule has 0 atom stereocenters. The van der Waals surface area contributed by atoms with Crippen LogP contribution in [0.5, 0.6) is 5.75 Å². The van der Waals surface area contributed by atoms with Crippen LogP contribution in [0, 0.1) is 10.8 Å². The lowest BCUT2D eigenvalue weighted by molar-refractivity contribution is -0.114. The van der Waals surface area contributed by atoms with Gasteiger partial charge >= 0.3 is 0 Å². The molecule has 2 heteroatoms. The number of phenolic OH excluding ortho intramolecular Hbond substituents is 1. The molecule has 2 aromatic rings. The van der Waals surface area contributed by atoms with Crippen LogP contribution in [-0.2, 0) is 4.79 Å². The number of ketones is 1. The monoisotopic (exact) mass is 360 g/mol. The zero-order valence-electron chi connectivity index (χ0n) is 17.1. The molecule has 0 bridgehead atoms. The van der Waals surface area contributed by atoms with E-state index in [1.54, 1.807) is 12.1 Å². The van der Waals surface area contributed by atoms with E-state index >= 15 is 0 Å². The molecule has 0 aromatic heterocycles. The second-order valence-electron chi connectivity index (χ2n) is 9.34. The van der Waals surface area contributed by atoms with Gasteiger partial charge in [0.25, 0.3) is 0 Å². The molecule has 0 amide bonds. The van der Waals surface area contributed by atoms with Crippen molar-refractivity contribution in [1.29, 1.82) is 0 Å². The van der Waals surface area contributed by atoms with Crippen LogP contribution in [0.4, 0.5) is 0 Å². The van der Waals surface area contributed by atoms with E-state index in [0.717, 1.165) is 33.1 Å². The van der Waals surface area contributed by atoms with Gasteiger partial charge in [0.05, 0.1) is 0 Å². The van der Waals surface area contributed by atoms with Gasteiger partial charge in [-0.2, -0.15) is 0 Å². The number of rotatable bonds is 1. The lowest BCUT2D eigenvalue weighted by atomic mass is 9.72. The van der Waals surface area contributed by atoms with E-state index in [4.69, 9.17) is 0 Å². The number of hydrogen-bond donors (Lipinski definition) is 1. The minimum absolute atomic E-state index is 0.148. The number of carbonyl (C=O) groups is 1. The number of Topliss-reactive ketones (excluding diaryl/α,β-unsaturated/α-hetero) is 1. The number of allylic oxidation sites excluding steroid dienone is 5. The van der Waals surface area contributed by atoms with Crippen LogP contribution in [-0.4, -0.2) is 10.9 Å². The lowest BCUT2D eigenvalue weighted by Gasteiger charge is -2.31. The minimum atomic E-state index is -0.217. The molecule has 3 rings (SSSR count). The van der Waals surface area contributed by atoms with Crippen molar-refractivity contribution in [1.82, 2.24) is 0 Å². The van der Waals surface area contributed by atoms with Crippen LogP contribution in [0.2, 0.25) is 0 Å². The molecule has 0 heterocycles. The highest BCUT2D eigenvalue weighted by molar-refractivity contribution is 6.12. The summed E-state index contributed by atoms with van der Waals surface area (Å²) in [6.07, 6.45) is 6.18. The van der Waals surface area contributed by atoms with Gasteiger partial charge in [-0.1, -0.05) is 65.8 Å². The molecular weight excluding hydrogens is 332 g/mol. The Morgan fingerprint density at radius 2 is 1.44 bits per heavy atom. The molecule has 0 saturated carbocycles. The molecule has 1 aliphatic carbocycles. The Labute approximate surface area is 161 Å². The van der Waals surface area contributed by atoms with Crippen molar-refractivity contribution >= 4 is 22.6 Å². The molecule has 0 radical (unpaired) electrons. The van der Waals surface area contributed by atoms with Gasteiger partial charge in [0, 0.05) is 11.1 Å². The van der Waals surface area contributed by atoms with Crippen molar-refractivity contribution in [2.24, 2.45) is 10.8 Å². The largest absolute Gasteiger partial charge is 0.508 e. The molecule has 0 aliphatic heterocycles. The van der Waals surface area contributed by atoms with Crippen LogP contribution in [0.25, 0.3) is 16.8 Å². The average Bonchev–Trinajstić information content (AvgIpc) is 2.54. The quantitative estimate of drug-likeness (QED) is 0.634. The highest BCUT2D eigenvalue weighted by atomic mass is 16.3. The molecule has 0 spiro atoms. The molecule has 1 N–H and O–H groups in total. The smallest absolute Gasteiger partial charge is 0.186 e. The first-order chi connectivity index (χ1) is 12.5. The third-order valence-electron chi connectivity index (χ3n) is 4.95. The van der Waals surface area contributed by atoms with E-state index in [2.05, 4.69) is 53.7 Å². The van der Waals surface area contributed by atoms with Crippen molar-refractivity contribution in [3.8, 4) is 5.75 Å². The number of aromatic hydroxyl groups is 1.